The van der Waals surface area contributed by atoms with E-state index in [9.17, 15) is 0 Å². The lowest BCUT2D eigenvalue weighted by molar-refractivity contribution is 0.585. The third-order valence-corrected chi connectivity index (χ3v) is 4.66. The highest BCUT2D eigenvalue weighted by Gasteiger charge is 2.19. The lowest BCUT2D eigenvalue weighted by atomic mass is 9.98. The fraction of sp³-hybridized carbons (Fsp3) is 0.385. The van der Waals surface area contributed by atoms with Gasteiger partial charge in [-0.05, 0) is 29.9 Å². The summed E-state index contributed by atoms with van der Waals surface area (Å²) in [6, 6.07) is 4.44. The van der Waals surface area contributed by atoms with E-state index in [1.165, 1.54) is 10.4 Å². The van der Waals surface area contributed by atoms with E-state index in [1.807, 2.05) is 0 Å². The molecule has 1 unspecified atom stereocenters. The first-order chi connectivity index (χ1) is 8.13. The van der Waals surface area contributed by atoms with Crippen molar-refractivity contribution in [1.29, 1.82) is 5.26 Å². The topological polar surface area (TPSA) is 36.7 Å². The van der Waals surface area contributed by atoms with Crippen LogP contribution >= 0.6 is 22.7 Å². The molecule has 0 spiro atoms. The maximum absolute atomic E-state index is 9.16. The number of nitriles is 1. The monoisotopic (exact) mass is 262 g/mol. The second-order valence-electron chi connectivity index (χ2n) is 4.35. The maximum Gasteiger partial charge on any atom is 0.111 e. The van der Waals surface area contributed by atoms with Crippen molar-refractivity contribution in [3.8, 4) is 16.6 Å². The minimum atomic E-state index is -0.0889. The van der Waals surface area contributed by atoms with Crippen LogP contribution in [0.4, 0.5) is 0 Å². The van der Waals surface area contributed by atoms with Crippen molar-refractivity contribution in [2.45, 2.75) is 26.7 Å². The number of aromatic nitrogens is 1. The molecule has 0 bridgehead atoms. The summed E-state index contributed by atoms with van der Waals surface area (Å²) in [6.45, 7) is 6.21. The zero-order chi connectivity index (χ0) is 12.4. The van der Waals surface area contributed by atoms with Gasteiger partial charge >= 0.3 is 0 Å². The van der Waals surface area contributed by atoms with E-state index >= 15 is 0 Å². The molecule has 0 radical (unpaired) electrons. The number of thiazole rings is 1. The van der Waals surface area contributed by atoms with Crippen LogP contribution in [0.5, 0.6) is 0 Å². The number of rotatable bonds is 3. The molecule has 0 aliphatic heterocycles. The van der Waals surface area contributed by atoms with E-state index in [0.29, 0.717) is 5.92 Å². The third kappa shape index (κ3) is 2.41. The fourth-order valence-corrected chi connectivity index (χ4v) is 3.65. The van der Waals surface area contributed by atoms with Crippen molar-refractivity contribution in [2.24, 2.45) is 5.92 Å². The fourth-order valence-electron chi connectivity index (χ4n) is 1.66. The van der Waals surface area contributed by atoms with Gasteiger partial charge in [-0.3, -0.25) is 0 Å². The van der Waals surface area contributed by atoms with Crippen LogP contribution < -0.4 is 0 Å². The van der Waals surface area contributed by atoms with E-state index < -0.39 is 0 Å². The van der Waals surface area contributed by atoms with Gasteiger partial charge in [-0.2, -0.15) is 5.26 Å². The molecule has 0 N–H and O–H groups in total. The highest BCUT2D eigenvalue weighted by atomic mass is 32.1. The Labute approximate surface area is 110 Å². The number of hydrogen-bond donors (Lipinski definition) is 0. The van der Waals surface area contributed by atoms with E-state index in [1.54, 1.807) is 22.7 Å². The maximum atomic E-state index is 9.16. The molecule has 4 heteroatoms. The molecular formula is C13H14N2S2. The molecule has 88 valence electrons. The molecule has 0 amide bonds. The first kappa shape index (κ1) is 12.3. The van der Waals surface area contributed by atoms with Crippen molar-refractivity contribution in [1.82, 2.24) is 4.98 Å². The Morgan fingerprint density at radius 3 is 2.65 bits per heavy atom. The van der Waals surface area contributed by atoms with Gasteiger partial charge in [0.25, 0.3) is 0 Å². The van der Waals surface area contributed by atoms with Gasteiger partial charge < -0.3 is 0 Å². The van der Waals surface area contributed by atoms with Crippen molar-refractivity contribution in [3.05, 3.63) is 27.4 Å². The van der Waals surface area contributed by atoms with E-state index in [0.717, 1.165) is 10.7 Å². The van der Waals surface area contributed by atoms with Gasteiger partial charge in [0.1, 0.15) is 10.9 Å². The summed E-state index contributed by atoms with van der Waals surface area (Å²) >= 11 is 3.30. The number of nitrogens with zero attached hydrogens (tertiary/aromatic N) is 2. The lowest BCUT2D eigenvalue weighted by Gasteiger charge is -2.08. The molecule has 1 atom stereocenters. The second kappa shape index (κ2) is 4.99. The summed E-state index contributed by atoms with van der Waals surface area (Å²) in [5.74, 6) is 0.220. The predicted octanol–water partition coefficient (Wildman–Crippen LogP) is 4.44. The first-order valence-electron chi connectivity index (χ1n) is 5.53. The largest absolute Gasteiger partial charge is 0.239 e. The second-order valence-corrected chi connectivity index (χ2v) is 6.16. The number of aryl methyl sites for hydroxylation is 1. The Hall–Kier alpha value is -1.18. The Morgan fingerprint density at radius 1 is 1.35 bits per heavy atom. The van der Waals surface area contributed by atoms with E-state index in [-0.39, 0.29) is 5.92 Å². The first-order valence-corrected chi connectivity index (χ1v) is 7.29. The van der Waals surface area contributed by atoms with Gasteiger partial charge in [0.15, 0.2) is 0 Å². The minimum absolute atomic E-state index is 0.0889. The Morgan fingerprint density at radius 2 is 2.12 bits per heavy atom. The molecule has 2 heterocycles. The van der Waals surface area contributed by atoms with Crippen molar-refractivity contribution < 1.29 is 0 Å². The van der Waals surface area contributed by atoms with Crippen molar-refractivity contribution >= 4 is 22.7 Å². The van der Waals surface area contributed by atoms with Gasteiger partial charge in [-0.25, -0.2) is 4.98 Å². The predicted molar refractivity (Wildman–Crippen MR) is 73.4 cm³/mol. The lowest BCUT2D eigenvalue weighted by Crippen LogP contribution is -2.03. The SMILES string of the molecule is Cc1ccsc1-c1csc(C(C#N)C(C)C)n1. The molecule has 0 saturated heterocycles. The third-order valence-electron chi connectivity index (χ3n) is 2.69. The molecule has 2 aromatic heterocycles. The average molecular weight is 262 g/mol. The summed E-state index contributed by atoms with van der Waals surface area (Å²) in [4.78, 5) is 5.83. The van der Waals surface area contributed by atoms with Crippen LogP contribution in [0.3, 0.4) is 0 Å². The Kier molecular flexibility index (Phi) is 3.60. The molecule has 0 aromatic carbocycles. The molecule has 2 aromatic rings. The quantitative estimate of drug-likeness (QED) is 0.819. The van der Waals surface area contributed by atoms with Crippen molar-refractivity contribution in [3.63, 3.8) is 0 Å². The highest BCUT2D eigenvalue weighted by Crippen LogP contribution is 2.33. The standard InChI is InChI=1S/C13H14N2S2/c1-8(2)10(6-14)13-15-11(7-17-13)12-9(3)4-5-16-12/h4-5,7-8,10H,1-3H3. The van der Waals surface area contributed by atoms with Crippen LogP contribution in [0.2, 0.25) is 0 Å². The molecule has 0 saturated carbocycles. The zero-order valence-corrected chi connectivity index (χ0v) is 11.7. The summed E-state index contributed by atoms with van der Waals surface area (Å²) in [5, 5.41) is 14.2. The zero-order valence-electron chi connectivity index (χ0n) is 10.1. The van der Waals surface area contributed by atoms with Crippen molar-refractivity contribution in [2.75, 3.05) is 0 Å². The average Bonchev–Trinajstić information content (AvgIpc) is 2.87. The number of hydrogen-bond acceptors (Lipinski definition) is 4. The summed E-state index contributed by atoms with van der Waals surface area (Å²) in [6.07, 6.45) is 0. The van der Waals surface area contributed by atoms with E-state index in [2.05, 4.69) is 48.7 Å². The van der Waals surface area contributed by atoms with Crippen LogP contribution in [0.1, 0.15) is 30.3 Å². The van der Waals surface area contributed by atoms with Gasteiger partial charge in [-0.1, -0.05) is 13.8 Å². The van der Waals surface area contributed by atoms with Gasteiger partial charge in [0, 0.05) is 5.38 Å². The molecular weight excluding hydrogens is 248 g/mol. The molecule has 0 aliphatic carbocycles. The summed E-state index contributed by atoms with van der Waals surface area (Å²) in [5.41, 5.74) is 2.27. The van der Waals surface area contributed by atoms with Gasteiger partial charge in [0.2, 0.25) is 0 Å². The molecule has 17 heavy (non-hydrogen) atoms. The minimum Gasteiger partial charge on any atom is -0.239 e. The normalized spacial score (nSPS) is 12.6. The molecule has 2 nitrogen and oxygen atoms in total. The molecule has 2 rings (SSSR count). The number of thiophene rings is 1. The highest BCUT2D eigenvalue weighted by molar-refractivity contribution is 7.14. The van der Waals surface area contributed by atoms with E-state index in [4.69, 9.17) is 5.26 Å². The van der Waals surface area contributed by atoms with Crippen LogP contribution in [-0.4, -0.2) is 4.98 Å². The molecule has 0 fully saturated rings. The summed E-state index contributed by atoms with van der Waals surface area (Å²) in [7, 11) is 0. The molecule has 0 aliphatic rings. The van der Waals surface area contributed by atoms with Crippen LogP contribution in [0.15, 0.2) is 16.8 Å². The van der Waals surface area contributed by atoms with Gasteiger partial charge in [0.05, 0.1) is 16.6 Å². The van der Waals surface area contributed by atoms with Crippen LogP contribution in [0.25, 0.3) is 10.6 Å². The Balaban J connectivity index is 2.34. The summed E-state index contributed by atoms with van der Waals surface area (Å²) < 4.78 is 0. The van der Waals surface area contributed by atoms with Crippen LogP contribution in [0, 0.1) is 24.2 Å². The smallest absolute Gasteiger partial charge is 0.111 e. The van der Waals surface area contributed by atoms with Crippen LogP contribution in [-0.2, 0) is 0 Å². The van der Waals surface area contributed by atoms with Gasteiger partial charge in [-0.15, -0.1) is 22.7 Å². The Bertz CT molecular complexity index is 546.